The lowest BCUT2D eigenvalue weighted by atomic mass is 9.65. The zero-order valence-electron chi connectivity index (χ0n) is 15.1. The lowest BCUT2D eigenvalue weighted by Crippen LogP contribution is -2.29. The van der Waals surface area contributed by atoms with Gasteiger partial charge in [0.25, 0.3) is 0 Å². The molecule has 2 aliphatic rings. The molecule has 26 heavy (non-hydrogen) atoms. The third kappa shape index (κ3) is 2.65. The van der Waals surface area contributed by atoms with E-state index in [1.807, 2.05) is 44.2 Å². The molecule has 0 bridgehead atoms. The summed E-state index contributed by atoms with van der Waals surface area (Å²) in [5.41, 5.74) is 5.79. The van der Waals surface area contributed by atoms with Crippen molar-refractivity contribution in [3.05, 3.63) is 83.4 Å². The van der Waals surface area contributed by atoms with Crippen LogP contribution in [0.3, 0.4) is 0 Å². The highest BCUT2D eigenvalue weighted by Crippen LogP contribution is 2.53. The topological polar surface area (TPSA) is 37.4 Å². The first-order chi connectivity index (χ1) is 12.4. The molecule has 0 aromatic heterocycles. The quantitative estimate of drug-likeness (QED) is 0.811. The van der Waals surface area contributed by atoms with E-state index < -0.39 is 10.0 Å². The largest absolute Gasteiger partial charge is 0.243 e. The molecule has 0 saturated carbocycles. The Morgan fingerprint density at radius 1 is 1.00 bits per heavy atom. The summed E-state index contributed by atoms with van der Waals surface area (Å²) in [5, 5.41) is 0. The number of benzene rings is 2. The zero-order chi connectivity index (χ0) is 18.5. The van der Waals surface area contributed by atoms with Crippen LogP contribution in [0.2, 0.25) is 0 Å². The minimum absolute atomic E-state index is 0.253. The molecule has 1 aliphatic heterocycles. The van der Waals surface area contributed by atoms with Crippen molar-refractivity contribution in [2.24, 2.45) is 11.8 Å². The third-order valence-corrected chi connectivity index (χ3v) is 7.37. The number of fused-ring (bicyclic) bond motifs is 1. The number of nitrogens with zero attached hydrogens (tertiary/aromatic N) is 1. The summed E-state index contributed by atoms with van der Waals surface area (Å²) in [6.07, 6.45) is 0. The molecule has 0 radical (unpaired) electrons. The molecule has 2 aromatic rings. The number of hydrogen-bond acceptors (Lipinski definition) is 2. The van der Waals surface area contributed by atoms with Gasteiger partial charge in [-0.25, -0.2) is 8.42 Å². The Balaban J connectivity index is 1.66. The first kappa shape index (κ1) is 17.3. The van der Waals surface area contributed by atoms with Crippen LogP contribution in [-0.4, -0.2) is 25.8 Å². The average molecular weight is 365 g/mol. The highest BCUT2D eigenvalue weighted by Gasteiger charge is 2.49. The highest BCUT2D eigenvalue weighted by molar-refractivity contribution is 7.89. The van der Waals surface area contributed by atoms with E-state index in [9.17, 15) is 8.42 Å². The van der Waals surface area contributed by atoms with Gasteiger partial charge < -0.3 is 0 Å². The summed E-state index contributed by atoms with van der Waals surface area (Å²) in [5.74, 6) is 0.507. The number of rotatable bonds is 4. The molecule has 0 N–H and O–H groups in total. The van der Waals surface area contributed by atoms with E-state index in [1.54, 1.807) is 16.4 Å². The van der Waals surface area contributed by atoms with Crippen LogP contribution >= 0.6 is 0 Å². The number of aryl methyl sites for hydroxylation is 1. The molecule has 0 spiro atoms. The number of sulfonamides is 1. The first-order valence-electron chi connectivity index (χ1n) is 8.92. The molecule has 2 atom stereocenters. The van der Waals surface area contributed by atoms with E-state index in [2.05, 4.69) is 18.7 Å². The maximum atomic E-state index is 13.1. The van der Waals surface area contributed by atoms with E-state index >= 15 is 0 Å². The van der Waals surface area contributed by atoms with Gasteiger partial charge in [0.05, 0.1) is 4.90 Å². The Kier molecular flexibility index (Phi) is 4.13. The van der Waals surface area contributed by atoms with Gasteiger partial charge in [-0.15, -0.1) is 0 Å². The number of allylic oxidation sites excluding steroid dienone is 1. The van der Waals surface area contributed by atoms with Gasteiger partial charge in [0.1, 0.15) is 0 Å². The Labute approximate surface area is 155 Å². The Morgan fingerprint density at radius 2 is 1.62 bits per heavy atom. The second-order valence-corrected chi connectivity index (χ2v) is 9.26. The molecule has 0 amide bonds. The minimum Gasteiger partial charge on any atom is -0.207 e. The van der Waals surface area contributed by atoms with Crippen molar-refractivity contribution in [2.75, 3.05) is 13.1 Å². The Bertz CT molecular complexity index is 988. The van der Waals surface area contributed by atoms with Gasteiger partial charge in [0, 0.05) is 24.9 Å². The molecular weight excluding hydrogens is 342 g/mol. The van der Waals surface area contributed by atoms with E-state index in [1.165, 1.54) is 16.7 Å². The number of hydrogen-bond donors (Lipinski definition) is 0. The summed E-state index contributed by atoms with van der Waals surface area (Å²) in [6, 6.07) is 17.4. The summed E-state index contributed by atoms with van der Waals surface area (Å²) >= 11 is 0. The standard InChI is InChI=1S/C22H23NO2S/c1-15(2)21-19-13-23(26(24,25)18-11-9-16(3)10-12-18)14-20(19)22(21)17-7-5-4-6-8-17/h4-12,19-20H,1,13-14H2,2-3H3. The zero-order valence-corrected chi connectivity index (χ0v) is 16.0. The van der Waals surface area contributed by atoms with Crippen LogP contribution in [0.1, 0.15) is 18.1 Å². The van der Waals surface area contributed by atoms with Crippen molar-refractivity contribution in [3.63, 3.8) is 0 Å². The molecule has 2 unspecified atom stereocenters. The Hall–Kier alpha value is -2.17. The van der Waals surface area contributed by atoms with Crippen molar-refractivity contribution in [3.8, 4) is 0 Å². The fourth-order valence-corrected chi connectivity index (χ4v) is 5.74. The fraction of sp³-hybridized carbons (Fsp3) is 0.273. The van der Waals surface area contributed by atoms with Crippen LogP contribution in [0.5, 0.6) is 0 Å². The molecule has 1 heterocycles. The van der Waals surface area contributed by atoms with Crippen LogP contribution in [0, 0.1) is 18.8 Å². The lowest BCUT2D eigenvalue weighted by Gasteiger charge is -2.37. The van der Waals surface area contributed by atoms with Gasteiger partial charge in [-0.1, -0.05) is 60.2 Å². The monoisotopic (exact) mass is 365 g/mol. The third-order valence-electron chi connectivity index (χ3n) is 5.52. The highest BCUT2D eigenvalue weighted by atomic mass is 32.2. The maximum absolute atomic E-state index is 13.1. The minimum atomic E-state index is -3.46. The molecular formula is C22H23NO2S. The molecule has 134 valence electrons. The predicted octanol–water partition coefficient (Wildman–Crippen LogP) is 4.28. The van der Waals surface area contributed by atoms with Crippen molar-refractivity contribution < 1.29 is 8.42 Å². The van der Waals surface area contributed by atoms with Crippen LogP contribution in [0.25, 0.3) is 5.57 Å². The normalized spacial score (nSPS) is 22.8. The summed E-state index contributed by atoms with van der Waals surface area (Å²) in [4.78, 5) is 0.377. The average Bonchev–Trinajstić information content (AvgIpc) is 2.96. The van der Waals surface area contributed by atoms with E-state index in [0.717, 1.165) is 11.1 Å². The van der Waals surface area contributed by atoms with E-state index in [4.69, 9.17) is 0 Å². The van der Waals surface area contributed by atoms with Crippen molar-refractivity contribution >= 4 is 15.6 Å². The van der Waals surface area contributed by atoms with Gasteiger partial charge in [-0.2, -0.15) is 4.31 Å². The molecule has 2 aromatic carbocycles. The van der Waals surface area contributed by atoms with E-state index in [-0.39, 0.29) is 11.8 Å². The Morgan fingerprint density at radius 3 is 2.23 bits per heavy atom. The van der Waals surface area contributed by atoms with Crippen LogP contribution in [0.15, 0.2) is 77.2 Å². The SMILES string of the molecule is C=C(C)C1=C(c2ccccc2)C2CN(S(=O)(=O)c3ccc(C)cc3)CC12. The molecule has 3 nitrogen and oxygen atoms in total. The van der Waals surface area contributed by atoms with Crippen molar-refractivity contribution in [2.45, 2.75) is 18.7 Å². The summed E-state index contributed by atoms with van der Waals surface area (Å²) in [6.45, 7) is 9.21. The molecule has 1 fully saturated rings. The maximum Gasteiger partial charge on any atom is 0.243 e. The summed E-state index contributed by atoms with van der Waals surface area (Å²) < 4.78 is 27.8. The van der Waals surface area contributed by atoms with Gasteiger partial charge in [-0.05, 0) is 42.7 Å². The molecule has 1 aliphatic carbocycles. The van der Waals surface area contributed by atoms with Crippen molar-refractivity contribution in [1.29, 1.82) is 0 Å². The van der Waals surface area contributed by atoms with E-state index in [0.29, 0.717) is 18.0 Å². The smallest absolute Gasteiger partial charge is 0.207 e. The fourth-order valence-electron chi connectivity index (χ4n) is 4.25. The van der Waals surface area contributed by atoms with Crippen LogP contribution in [0.4, 0.5) is 0 Å². The van der Waals surface area contributed by atoms with Gasteiger partial charge in [0.15, 0.2) is 0 Å². The van der Waals surface area contributed by atoms with Gasteiger partial charge >= 0.3 is 0 Å². The summed E-state index contributed by atoms with van der Waals surface area (Å²) in [7, 11) is -3.46. The lowest BCUT2D eigenvalue weighted by molar-refractivity contribution is 0.469. The van der Waals surface area contributed by atoms with Gasteiger partial charge in [0.2, 0.25) is 10.0 Å². The second kappa shape index (κ2) is 6.22. The molecule has 1 saturated heterocycles. The van der Waals surface area contributed by atoms with Crippen molar-refractivity contribution in [1.82, 2.24) is 4.31 Å². The molecule has 4 rings (SSSR count). The predicted molar refractivity (Wildman–Crippen MR) is 105 cm³/mol. The van der Waals surface area contributed by atoms with Gasteiger partial charge in [-0.3, -0.25) is 0 Å². The van der Waals surface area contributed by atoms with Crippen LogP contribution < -0.4 is 0 Å². The van der Waals surface area contributed by atoms with Crippen LogP contribution in [-0.2, 0) is 10.0 Å². The molecule has 4 heteroatoms. The first-order valence-corrected chi connectivity index (χ1v) is 10.4. The second-order valence-electron chi connectivity index (χ2n) is 7.32.